The minimum Gasteiger partial charge on any atom is -0.494 e. The van der Waals surface area contributed by atoms with Crippen molar-refractivity contribution in [2.24, 2.45) is 0 Å². The molecule has 0 aliphatic heterocycles. The van der Waals surface area contributed by atoms with Crippen molar-refractivity contribution >= 4 is 27.5 Å². The van der Waals surface area contributed by atoms with E-state index in [1.165, 1.54) is 19.3 Å². The molecule has 1 rings (SSSR count). The number of amides is 1. The normalized spacial score (nSPS) is 10.4. The lowest BCUT2D eigenvalue weighted by atomic mass is 10.1. The summed E-state index contributed by atoms with van der Waals surface area (Å²) in [5, 5.41) is 3.67. The quantitative estimate of drug-likeness (QED) is 0.458. The van der Waals surface area contributed by atoms with Crippen molar-refractivity contribution in [3.63, 3.8) is 0 Å². The van der Waals surface area contributed by atoms with E-state index < -0.39 is 0 Å². The molecule has 118 valence electrons. The zero-order chi connectivity index (χ0) is 15.5. The number of anilines is 1. The Morgan fingerprint density at radius 2 is 1.95 bits per heavy atom. The number of rotatable bonds is 10. The van der Waals surface area contributed by atoms with Crippen LogP contribution in [0.25, 0.3) is 0 Å². The third-order valence-electron chi connectivity index (χ3n) is 3.30. The van der Waals surface area contributed by atoms with Crippen molar-refractivity contribution in [2.45, 2.75) is 57.7 Å². The van der Waals surface area contributed by atoms with Crippen LogP contribution < -0.4 is 10.1 Å². The van der Waals surface area contributed by atoms with Gasteiger partial charge in [0.1, 0.15) is 5.75 Å². The van der Waals surface area contributed by atoms with Crippen LogP contribution in [0.3, 0.4) is 0 Å². The van der Waals surface area contributed by atoms with E-state index in [4.69, 9.17) is 4.74 Å². The van der Waals surface area contributed by atoms with Gasteiger partial charge in [0.05, 0.1) is 6.61 Å². The van der Waals surface area contributed by atoms with Crippen molar-refractivity contribution in [3.05, 3.63) is 23.8 Å². The predicted octanol–water partition coefficient (Wildman–Crippen LogP) is 5.28. The van der Waals surface area contributed by atoms with Gasteiger partial charge in [-0.1, -0.05) is 48.5 Å². The maximum atomic E-state index is 11.9. The van der Waals surface area contributed by atoms with E-state index in [9.17, 15) is 4.79 Å². The first-order valence-electron chi connectivity index (χ1n) is 7.82. The lowest BCUT2D eigenvalue weighted by Crippen LogP contribution is -2.11. The number of nitrogens with one attached hydrogen (secondary N) is 1. The standard InChI is InChI=1S/C17H26BrNO2/c1-3-5-6-7-8-9-17(20)19-15-10-11-16(21-4-2)14(12-15)13-18/h10-12H,3-9,13H2,1-2H3,(H,19,20). The lowest BCUT2D eigenvalue weighted by Gasteiger charge is -2.11. The molecule has 21 heavy (non-hydrogen) atoms. The van der Waals surface area contributed by atoms with Gasteiger partial charge in [-0.3, -0.25) is 4.79 Å². The largest absolute Gasteiger partial charge is 0.494 e. The van der Waals surface area contributed by atoms with Gasteiger partial charge in [-0.15, -0.1) is 0 Å². The topological polar surface area (TPSA) is 38.3 Å². The van der Waals surface area contributed by atoms with E-state index in [-0.39, 0.29) is 5.91 Å². The molecule has 0 fully saturated rings. The molecule has 0 unspecified atom stereocenters. The predicted molar refractivity (Wildman–Crippen MR) is 92.2 cm³/mol. The number of carbonyl (C=O) groups excluding carboxylic acids is 1. The zero-order valence-electron chi connectivity index (χ0n) is 13.1. The third-order valence-corrected chi connectivity index (χ3v) is 3.90. The molecular weight excluding hydrogens is 330 g/mol. The SMILES string of the molecule is CCCCCCCC(=O)Nc1ccc(OCC)c(CBr)c1. The molecule has 0 radical (unpaired) electrons. The average Bonchev–Trinajstić information content (AvgIpc) is 2.48. The number of benzene rings is 1. The minimum absolute atomic E-state index is 0.0937. The van der Waals surface area contributed by atoms with Crippen LogP contribution in [-0.4, -0.2) is 12.5 Å². The molecule has 1 amide bonds. The molecule has 0 aliphatic carbocycles. The molecule has 0 spiro atoms. The maximum Gasteiger partial charge on any atom is 0.224 e. The molecular formula is C17H26BrNO2. The zero-order valence-corrected chi connectivity index (χ0v) is 14.7. The summed E-state index contributed by atoms with van der Waals surface area (Å²) in [6.45, 7) is 4.80. The monoisotopic (exact) mass is 355 g/mol. The summed E-state index contributed by atoms with van der Waals surface area (Å²) in [6, 6.07) is 5.78. The first-order valence-corrected chi connectivity index (χ1v) is 8.95. The number of alkyl halides is 1. The highest BCUT2D eigenvalue weighted by atomic mass is 79.9. The molecule has 4 heteroatoms. The molecule has 0 heterocycles. The number of hydrogen-bond acceptors (Lipinski definition) is 2. The summed E-state index contributed by atoms with van der Waals surface area (Å²) in [5.74, 6) is 0.961. The molecule has 0 saturated carbocycles. The van der Waals surface area contributed by atoms with Crippen molar-refractivity contribution in [1.29, 1.82) is 0 Å². The van der Waals surface area contributed by atoms with Gasteiger partial charge in [-0.25, -0.2) is 0 Å². The second-order valence-corrected chi connectivity index (χ2v) is 5.66. The van der Waals surface area contributed by atoms with Crippen molar-refractivity contribution in [3.8, 4) is 5.75 Å². The Bertz CT molecular complexity index is 435. The smallest absolute Gasteiger partial charge is 0.224 e. The van der Waals surface area contributed by atoms with E-state index in [1.807, 2.05) is 25.1 Å². The second-order valence-electron chi connectivity index (χ2n) is 5.10. The molecule has 0 atom stereocenters. The van der Waals surface area contributed by atoms with Gasteiger partial charge in [0, 0.05) is 23.0 Å². The molecule has 1 aromatic rings. The van der Waals surface area contributed by atoms with Crippen LogP contribution >= 0.6 is 15.9 Å². The highest BCUT2D eigenvalue weighted by Crippen LogP contribution is 2.25. The Kier molecular flexibility index (Phi) is 9.15. The van der Waals surface area contributed by atoms with Crippen molar-refractivity contribution in [1.82, 2.24) is 0 Å². The van der Waals surface area contributed by atoms with Gasteiger partial charge < -0.3 is 10.1 Å². The summed E-state index contributed by atoms with van der Waals surface area (Å²) >= 11 is 3.45. The van der Waals surface area contributed by atoms with Crippen molar-refractivity contribution < 1.29 is 9.53 Å². The Balaban J connectivity index is 2.45. The fourth-order valence-electron chi connectivity index (χ4n) is 2.17. The van der Waals surface area contributed by atoms with Gasteiger partial charge in [0.15, 0.2) is 0 Å². The van der Waals surface area contributed by atoms with Crippen LogP contribution in [0, 0.1) is 0 Å². The minimum atomic E-state index is 0.0937. The van der Waals surface area contributed by atoms with E-state index in [2.05, 4.69) is 28.2 Å². The molecule has 1 aromatic carbocycles. The summed E-state index contributed by atoms with van der Waals surface area (Å²) in [6.07, 6.45) is 6.41. The van der Waals surface area contributed by atoms with E-state index >= 15 is 0 Å². The highest BCUT2D eigenvalue weighted by Gasteiger charge is 2.07. The lowest BCUT2D eigenvalue weighted by molar-refractivity contribution is -0.116. The third kappa shape index (κ3) is 6.98. The molecule has 0 aliphatic rings. The van der Waals surface area contributed by atoms with E-state index in [0.29, 0.717) is 18.4 Å². The van der Waals surface area contributed by atoms with Gasteiger partial charge in [-0.2, -0.15) is 0 Å². The number of hydrogen-bond donors (Lipinski definition) is 1. The van der Waals surface area contributed by atoms with Gasteiger partial charge in [0.25, 0.3) is 0 Å². The molecule has 0 bridgehead atoms. The summed E-state index contributed by atoms with van der Waals surface area (Å²) in [5.41, 5.74) is 1.89. The molecule has 0 aromatic heterocycles. The summed E-state index contributed by atoms with van der Waals surface area (Å²) in [7, 11) is 0. The Labute approximate surface area is 136 Å². The van der Waals surface area contributed by atoms with E-state index in [0.717, 1.165) is 29.8 Å². The number of carbonyl (C=O) groups is 1. The van der Waals surface area contributed by atoms with E-state index in [1.54, 1.807) is 0 Å². The van der Waals surface area contributed by atoms with Gasteiger partial charge in [0.2, 0.25) is 5.91 Å². The van der Waals surface area contributed by atoms with Crippen LogP contribution in [0.2, 0.25) is 0 Å². The average molecular weight is 356 g/mol. The fourth-order valence-corrected chi connectivity index (χ4v) is 2.61. The molecule has 3 nitrogen and oxygen atoms in total. The van der Waals surface area contributed by atoms with Crippen LogP contribution in [0.5, 0.6) is 5.75 Å². The first-order chi connectivity index (χ1) is 10.2. The highest BCUT2D eigenvalue weighted by molar-refractivity contribution is 9.08. The Morgan fingerprint density at radius 1 is 1.19 bits per heavy atom. The molecule has 0 saturated heterocycles. The number of halogens is 1. The summed E-state index contributed by atoms with van der Waals surface area (Å²) < 4.78 is 5.55. The first kappa shape index (κ1) is 18.0. The van der Waals surface area contributed by atoms with Crippen LogP contribution in [0.4, 0.5) is 5.69 Å². The Morgan fingerprint density at radius 3 is 2.62 bits per heavy atom. The van der Waals surface area contributed by atoms with Crippen LogP contribution in [-0.2, 0) is 10.1 Å². The summed E-state index contributed by atoms with van der Waals surface area (Å²) in [4.78, 5) is 11.9. The van der Waals surface area contributed by atoms with Crippen molar-refractivity contribution in [2.75, 3.05) is 11.9 Å². The van der Waals surface area contributed by atoms with Gasteiger partial charge in [-0.05, 0) is 31.5 Å². The number of ether oxygens (including phenoxy) is 1. The van der Waals surface area contributed by atoms with Crippen LogP contribution in [0.1, 0.15) is 57.9 Å². The molecule has 1 N–H and O–H groups in total. The number of unbranched alkanes of at least 4 members (excludes halogenated alkanes) is 4. The maximum absolute atomic E-state index is 11.9. The second kappa shape index (κ2) is 10.7. The van der Waals surface area contributed by atoms with Crippen LogP contribution in [0.15, 0.2) is 18.2 Å². The van der Waals surface area contributed by atoms with Gasteiger partial charge >= 0.3 is 0 Å². The fraction of sp³-hybridized carbons (Fsp3) is 0.588. The Hall–Kier alpha value is -1.03.